The van der Waals surface area contributed by atoms with Crippen molar-refractivity contribution in [1.82, 2.24) is 4.72 Å². The van der Waals surface area contributed by atoms with Crippen LogP contribution in [0.15, 0.2) is 23.1 Å². The molecule has 0 aromatic heterocycles. The first-order chi connectivity index (χ1) is 9.77. The second-order valence-electron chi connectivity index (χ2n) is 4.77. The van der Waals surface area contributed by atoms with Crippen molar-refractivity contribution in [1.29, 1.82) is 0 Å². The highest BCUT2D eigenvalue weighted by molar-refractivity contribution is 7.89. The molecule has 1 rings (SSSR count). The maximum atomic E-state index is 13.2. The summed E-state index contributed by atoms with van der Waals surface area (Å²) in [5.74, 6) is -2.43. The van der Waals surface area contributed by atoms with Gasteiger partial charge in [0.05, 0.1) is 10.5 Å². The lowest BCUT2D eigenvalue weighted by Crippen LogP contribution is -2.25. The number of carboxylic acids is 1. The van der Waals surface area contributed by atoms with Crippen molar-refractivity contribution in [3.8, 4) is 0 Å². The van der Waals surface area contributed by atoms with E-state index in [1.165, 1.54) is 0 Å². The quantitative estimate of drug-likeness (QED) is 0.625. The summed E-state index contributed by atoms with van der Waals surface area (Å²) < 4.78 is 39.5. The van der Waals surface area contributed by atoms with Crippen molar-refractivity contribution in [2.24, 2.45) is 5.92 Å². The lowest BCUT2D eigenvalue weighted by molar-refractivity contribution is 0.0691. The van der Waals surface area contributed by atoms with Crippen LogP contribution in [-0.4, -0.2) is 37.8 Å². The zero-order chi connectivity index (χ0) is 16.0. The number of carboxylic acid groups (broad SMARTS) is 1. The van der Waals surface area contributed by atoms with Gasteiger partial charge in [-0.05, 0) is 37.0 Å². The van der Waals surface area contributed by atoms with Gasteiger partial charge >= 0.3 is 5.97 Å². The van der Waals surface area contributed by atoms with E-state index in [9.17, 15) is 17.6 Å². The molecular formula is C13H18FNO5S. The standard InChI is InChI=1S/C13H18FNO5S/c1-9(8-16)3-2-6-15-21(19,20)10-4-5-12(14)11(7-10)13(17)18/h4-5,7,9,15-16H,2-3,6,8H2,1H3,(H,17,18). The van der Waals surface area contributed by atoms with Crippen molar-refractivity contribution in [3.63, 3.8) is 0 Å². The van der Waals surface area contributed by atoms with Gasteiger partial charge in [-0.2, -0.15) is 0 Å². The van der Waals surface area contributed by atoms with E-state index < -0.39 is 27.4 Å². The molecular weight excluding hydrogens is 301 g/mol. The van der Waals surface area contributed by atoms with Gasteiger partial charge in [0.1, 0.15) is 5.82 Å². The lowest BCUT2D eigenvalue weighted by atomic mass is 10.1. The van der Waals surface area contributed by atoms with Crippen LogP contribution < -0.4 is 4.72 Å². The zero-order valence-electron chi connectivity index (χ0n) is 11.5. The summed E-state index contributed by atoms with van der Waals surface area (Å²) in [6, 6.07) is 2.61. The highest BCUT2D eigenvalue weighted by Gasteiger charge is 2.18. The van der Waals surface area contributed by atoms with Gasteiger partial charge in [0.2, 0.25) is 10.0 Å². The maximum Gasteiger partial charge on any atom is 0.338 e. The van der Waals surface area contributed by atoms with Crippen molar-refractivity contribution in [3.05, 3.63) is 29.6 Å². The Morgan fingerprint density at radius 2 is 2.10 bits per heavy atom. The summed E-state index contributed by atoms with van der Waals surface area (Å²) in [4.78, 5) is 10.5. The minimum Gasteiger partial charge on any atom is -0.478 e. The molecule has 0 aliphatic rings. The molecule has 0 aliphatic carbocycles. The van der Waals surface area contributed by atoms with E-state index in [0.29, 0.717) is 12.8 Å². The van der Waals surface area contributed by atoms with Crippen molar-refractivity contribution < 1.29 is 27.8 Å². The van der Waals surface area contributed by atoms with Crippen LogP contribution in [0.5, 0.6) is 0 Å². The Labute approximate surface area is 122 Å². The second kappa shape index (κ2) is 7.48. The van der Waals surface area contributed by atoms with Crippen molar-refractivity contribution >= 4 is 16.0 Å². The van der Waals surface area contributed by atoms with E-state index >= 15 is 0 Å². The highest BCUT2D eigenvalue weighted by Crippen LogP contribution is 2.15. The minimum absolute atomic E-state index is 0.0344. The van der Waals surface area contributed by atoms with Gasteiger partial charge in [-0.3, -0.25) is 0 Å². The average Bonchev–Trinajstić information content (AvgIpc) is 2.43. The molecule has 0 spiro atoms. The Bertz CT molecular complexity index is 603. The van der Waals surface area contributed by atoms with Gasteiger partial charge in [0.15, 0.2) is 0 Å². The summed E-state index contributed by atoms with van der Waals surface area (Å²) >= 11 is 0. The molecule has 1 aromatic carbocycles. The fourth-order valence-electron chi connectivity index (χ4n) is 1.67. The Balaban J connectivity index is 2.75. The molecule has 0 saturated carbocycles. The van der Waals surface area contributed by atoms with Crippen LogP contribution in [0.4, 0.5) is 4.39 Å². The topological polar surface area (TPSA) is 104 Å². The molecule has 0 fully saturated rings. The number of carbonyl (C=O) groups is 1. The molecule has 0 aliphatic heterocycles. The van der Waals surface area contributed by atoms with E-state index in [0.717, 1.165) is 18.2 Å². The summed E-state index contributed by atoms with van der Waals surface area (Å²) in [6.45, 7) is 2.03. The summed E-state index contributed by atoms with van der Waals surface area (Å²) in [7, 11) is -3.88. The smallest absolute Gasteiger partial charge is 0.338 e. The van der Waals surface area contributed by atoms with E-state index in [-0.39, 0.29) is 24.0 Å². The molecule has 0 radical (unpaired) electrons. The monoisotopic (exact) mass is 319 g/mol. The fourth-order valence-corrected chi connectivity index (χ4v) is 2.77. The largest absolute Gasteiger partial charge is 0.478 e. The number of aromatic carboxylic acids is 1. The molecule has 8 heteroatoms. The predicted octanol–water partition coefficient (Wildman–Crippen LogP) is 1.21. The van der Waals surface area contributed by atoms with Crippen LogP contribution in [0.1, 0.15) is 30.1 Å². The lowest BCUT2D eigenvalue weighted by Gasteiger charge is -2.10. The molecule has 118 valence electrons. The maximum absolute atomic E-state index is 13.2. The third kappa shape index (κ3) is 5.07. The number of sulfonamides is 1. The molecule has 1 unspecified atom stereocenters. The van der Waals surface area contributed by atoms with E-state index in [4.69, 9.17) is 10.2 Å². The summed E-state index contributed by atoms with van der Waals surface area (Å²) in [6.07, 6.45) is 1.19. The summed E-state index contributed by atoms with van der Waals surface area (Å²) in [5, 5.41) is 17.6. The molecule has 0 bridgehead atoms. The zero-order valence-corrected chi connectivity index (χ0v) is 12.4. The molecule has 0 amide bonds. The van der Waals surface area contributed by atoms with Gasteiger partial charge in [-0.1, -0.05) is 6.92 Å². The number of rotatable bonds is 8. The minimum atomic E-state index is -3.88. The van der Waals surface area contributed by atoms with E-state index in [2.05, 4.69) is 4.72 Å². The molecule has 0 heterocycles. The van der Waals surface area contributed by atoms with Gasteiger partial charge in [0, 0.05) is 13.2 Å². The van der Waals surface area contributed by atoms with Crippen LogP contribution in [0.2, 0.25) is 0 Å². The third-order valence-electron chi connectivity index (χ3n) is 2.96. The summed E-state index contributed by atoms with van der Waals surface area (Å²) in [5.41, 5.74) is -0.688. The predicted molar refractivity (Wildman–Crippen MR) is 74.0 cm³/mol. The number of aliphatic hydroxyl groups excluding tert-OH is 1. The van der Waals surface area contributed by atoms with E-state index in [1.807, 2.05) is 6.92 Å². The van der Waals surface area contributed by atoms with Gasteiger partial charge < -0.3 is 10.2 Å². The van der Waals surface area contributed by atoms with E-state index in [1.54, 1.807) is 0 Å². The van der Waals surface area contributed by atoms with Gasteiger partial charge in [-0.25, -0.2) is 22.3 Å². The van der Waals surface area contributed by atoms with Crippen molar-refractivity contribution in [2.75, 3.05) is 13.2 Å². The first-order valence-corrected chi connectivity index (χ1v) is 7.89. The second-order valence-corrected chi connectivity index (χ2v) is 6.54. The average molecular weight is 319 g/mol. The molecule has 3 N–H and O–H groups in total. The number of halogens is 1. The van der Waals surface area contributed by atoms with Crippen LogP contribution in [0.3, 0.4) is 0 Å². The van der Waals surface area contributed by atoms with Crippen LogP contribution in [-0.2, 0) is 10.0 Å². The number of hydrogen-bond donors (Lipinski definition) is 3. The molecule has 1 aromatic rings. The Morgan fingerprint density at radius 3 is 2.67 bits per heavy atom. The fraction of sp³-hybridized carbons (Fsp3) is 0.462. The molecule has 0 saturated heterocycles. The molecule has 21 heavy (non-hydrogen) atoms. The third-order valence-corrected chi connectivity index (χ3v) is 4.41. The molecule has 1 atom stereocenters. The van der Waals surface area contributed by atoms with Gasteiger partial charge in [-0.15, -0.1) is 0 Å². The normalized spacial score (nSPS) is 13.1. The van der Waals surface area contributed by atoms with Crippen LogP contribution >= 0.6 is 0 Å². The highest BCUT2D eigenvalue weighted by atomic mass is 32.2. The van der Waals surface area contributed by atoms with Gasteiger partial charge in [0.25, 0.3) is 0 Å². The SMILES string of the molecule is CC(CO)CCCNS(=O)(=O)c1ccc(F)c(C(=O)O)c1. The number of nitrogens with one attached hydrogen (secondary N) is 1. The Morgan fingerprint density at radius 1 is 1.43 bits per heavy atom. The first kappa shape index (κ1) is 17.5. The molecule has 6 nitrogen and oxygen atoms in total. The number of benzene rings is 1. The number of hydrogen-bond acceptors (Lipinski definition) is 4. The van der Waals surface area contributed by atoms with Crippen LogP contribution in [0.25, 0.3) is 0 Å². The van der Waals surface area contributed by atoms with Crippen LogP contribution in [0, 0.1) is 11.7 Å². The number of aliphatic hydroxyl groups is 1. The Kier molecular flexibility index (Phi) is 6.25. The van der Waals surface area contributed by atoms with Crippen molar-refractivity contribution in [2.45, 2.75) is 24.7 Å². The first-order valence-electron chi connectivity index (χ1n) is 6.41. The Hall–Kier alpha value is -1.51.